The molecular weight excluding hydrogens is 256 g/mol. The highest BCUT2D eigenvalue weighted by molar-refractivity contribution is 5.99. The average molecular weight is 268 g/mol. The molecule has 0 unspecified atom stereocenters. The van der Waals surface area contributed by atoms with Crippen LogP contribution in [0.1, 0.15) is 5.56 Å². The predicted octanol–water partition coefficient (Wildman–Crippen LogP) is 2.61. The lowest BCUT2D eigenvalue weighted by Crippen LogP contribution is -2.19. The first-order chi connectivity index (χ1) is 9.71. The minimum Gasteiger partial charge on any atom is -0.497 e. The fourth-order valence-electron chi connectivity index (χ4n) is 1.49. The molecule has 2 N–H and O–H groups in total. The third-order valence-corrected chi connectivity index (χ3v) is 2.48. The molecule has 0 aliphatic carbocycles. The van der Waals surface area contributed by atoms with E-state index < -0.39 is 6.03 Å². The van der Waals surface area contributed by atoms with E-state index in [0.717, 1.165) is 0 Å². The van der Waals surface area contributed by atoms with E-state index in [-0.39, 0.29) is 0 Å². The molecule has 1 heterocycles. The van der Waals surface area contributed by atoms with E-state index in [1.165, 1.54) is 6.20 Å². The number of nitrogens with one attached hydrogen (secondary N) is 2. The van der Waals surface area contributed by atoms with Gasteiger partial charge in [0.15, 0.2) is 0 Å². The Kier molecular flexibility index (Phi) is 4.14. The van der Waals surface area contributed by atoms with Gasteiger partial charge in [0.05, 0.1) is 12.7 Å². The van der Waals surface area contributed by atoms with Crippen LogP contribution in [0.25, 0.3) is 0 Å². The fourth-order valence-corrected chi connectivity index (χ4v) is 1.49. The maximum Gasteiger partial charge on any atom is 0.324 e. The van der Waals surface area contributed by atoms with Crippen molar-refractivity contribution in [2.45, 2.75) is 0 Å². The molecule has 0 saturated carbocycles. The van der Waals surface area contributed by atoms with E-state index in [2.05, 4.69) is 15.6 Å². The lowest BCUT2D eigenvalue weighted by Gasteiger charge is -2.07. The first kappa shape index (κ1) is 13.4. The molecular formula is C14H12N4O2. The average Bonchev–Trinajstić information content (AvgIpc) is 2.49. The maximum absolute atomic E-state index is 11.7. The summed E-state index contributed by atoms with van der Waals surface area (Å²) >= 11 is 0. The zero-order valence-corrected chi connectivity index (χ0v) is 10.8. The molecule has 0 aliphatic heterocycles. The van der Waals surface area contributed by atoms with E-state index in [0.29, 0.717) is 22.8 Å². The number of ether oxygens (including phenoxy) is 1. The third kappa shape index (κ3) is 3.46. The zero-order valence-electron chi connectivity index (χ0n) is 10.8. The fraction of sp³-hybridized carbons (Fsp3) is 0.0714. The molecule has 6 heteroatoms. The van der Waals surface area contributed by atoms with Crippen molar-refractivity contribution in [1.29, 1.82) is 5.26 Å². The molecule has 2 rings (SSSR count). The Morgan fingerprint density at radius 3 is 2.50 bits per heavy atom. The normalized spacial score (nSPS) is 9.40. The Balaban J connectivity index is 1.95. The first-order valence-corrected chi connectivity index (χ1v) is 5.79. The van der Waals surface area contributed by atoms with Crippen molar-refractivity contribution in [3.8, 4) is 11.8 Å². The lowest BCUT2D eigenvalue weighted by atomic mass is 10.3. The lowest BCUT2D eigenvalue weighted by molar-refractivity contribution is 0.262. The van der Waals surface area contributed by atoms with Crippen molar-refractivity contribution in [3.63, 3.8) is 0 Å². The number of hydrogen-bond donors (Lipinski definition) is 2. The smallest absolute Gasteiger partial charge is 0.324 e. The molecule has 0 aliphatic rings. The summed E-state index contributed by atoms with van der Waals surface area (Å²) in [7, 11) is 1.58. The van der Waals surface area contributed by atoms with Gasteiger partial charge < -0.3 is 10.1 Å². The maximum atomic E-state index is 11.7. The molecule has 1 aromatic carbocycles. The Bertz CT molecular complexity index is 630. The van der Waals surface area contributed by atoms with Crippen LogP contribution in [0.15, 0.2) is 42.6 Å². The van der Waals surface area contributed by atoms with Gasteiger partial charge in [-0.25, -0.2) is 9.78 Å². The van der Waals surface area contributed by atoms with Gasteiger partial charge in [0.1, 0.15) is 17.6 Å². The van der Waals surface area contributed by atoms with Crippen LogP contribution >= 0.6 is 0 Å². The molecule has 0 bridgehead atoms. The molecule has 20 heavy (non-hydrogen) atoms. The van der Waals surface area contributed by atoms with Crippen molar-refractivity contribution < 1.29 is 9.53 Å². The van der Waals surface area contributed by atoms with Gasteiger partial charge in [-0.15, -0.1) is 0 Å². The molecule has 1 aromatic heterocycles. The number of aromatic nitrogens is 1. The highest BCUT2D eigenvalue weighted by atomic mass is 16.5. The largest absolute Gasteiger partial charge is 0.497 e. The second kappa shape index (κ2) is 6.20. The summed E-state index contributed by atoms with van der Waals surface area (Å²) in [6.07, 6.45) is 1.39. The van der Waals surface area contributed by atoms with Crippen molar-refractivity contribution in [2.75, 3.05) is 17.7 Å². The standard InChI is InChI=1S/C14H12N4O2/c1-20-12-5-3-11(4-6-12)17-14(19)18-13-7-2-10(8-15)9-16-13/h2-7,9H,1H3,(H2,16,17,18,19). The molecule has 0 atom stereocenters. The Morgan fingerprint density at radius 2 is 1.95 bits per heavy atom. The number of nitrogens with zero attached hydrogens (tertiary/aromatic N) is 2. The molecule has 0 spiro atoms. The zero-order chi connectivity index (χ0) is 14.4. The van der Waals surface area contributed by atoms with Crippen molar-refractivity contribution >= 4 is 17.5 Å². The minimum atomic E-state index is -0.410. The van der Waals surface area contributed by atoms with Crippen LogP contribution in [0.2, 0.25) is 0 Å². The summed E-state index contributed by atoms with van der Waals surface area (Å²) in [5.74, 6) is 1.08. The van der Waals surface area contributed by atoms with Crippen molar-refractivity contribution in [2.24, 2.45) is 0 Å². The van der Waals surface area contributed by atoms with Crippen molar-refractivity contribution in [3.05, 3.63) is 48.2 Å². The van der Waals surface area contributed by atoms with E-state index in [9.17, 15) is 4.79 Å². The number of benzene rings is 1. The van der Waals surface area contributed by atoms with E-state index in [1.807, 2.05) is 6.07 Å². The quantitative estimate of drug-likeness (QED) is 0.895. The van der Waals surface area contributed by atoms with Gasteiger partial charge >= 0.3 is 6.03 Å². The van der Waals surface area contributed by atoms with Crippen LogP contribution in [0.4, 0.5) is 16.3 Å². The Labute approximate surface area is 116 Å². The summed E-state index contributed by atoms with van der Waals surface area (Å²) in [6, 6.07) is 11.6. The number of pyridine rings is 1. The number of anilines is 2. The SMILES string of the molecule is COc1ccc(NC(=O)Nc2ccc(C#N)cn2)cc1. The Morgan fingerprint density at radius 1 is 1.20 bits per heavy atom. The highest BCUT2D eigenvalue weighted by Crippen LogP contribution is 2.15. The van der Waals surface area contributed by atoms with Gasteiger partial charge in [-0.3, -0.25) is 5.32 Å². The van der Waals surface area contributed by atoms with Crippen LogP contribution in [0.5, 0.6) is 5.75 Å². The minimum absolute atomic E-state index is 0.370. The number of methoxy groups -OCH3 is 1. The number of urea groups is 1. The van der Waals surface area contributed by atoms with Crippen LogP contribution in [0, 0.1) is 11.3 Å². The third-order valence-electron chi connectivity index (χ3n) is 2.48. The highest BCUT2D eigenvalue weighted by Gasteiger charge is 2.03. The number of amides is 2. The number of carbonyl (C=O) groups excluding carboxylic acids is 1. The monoisotopic (exact) mass is 268 g/mol. The second-order valence-electron chi connectivity index (χ2n) is 3.85. The predicted molar refractivity (Wildman–Crippen MR) is 74.6 cm³/mol. The van der Waals surface area contributed by atoms with Gasteiger partial charge in [-0.1, -0.05) is 0 Å². The molecule has 0 radical (unpaired) electrons. The summed E-state index contributed by atoms with van der Waals surface area (Å²) < 4.78 is 5.03. The Hall–Kier alpha value is -3.07. The number of hydrogen-bond acceptors (Lipinski definition) is 4. The van der Waals surface area contributed by atoms with E-state index >= 15 is 0 Å². The van der Waals surface area contributed by atoms with Crippen LogP contribution in [-0.4, -0.2) is 18.1 Å². The molecule has 2 amide bonds. The first-order valence-electron chi connectivity index (χ1n) is 5.79. The summed E-state index contributed by atoms with van der Waals surface area (Å²) in [5.41, 5.74) is 1.07. The molecule has 2 aromatic rings. The number of nitriles is 1. The molecule has 0 saturated heterocycles. The van der Waals surface area contributed by atoms with Gasteiger partial charge in [0.2, 0.25) is 0 Å². The van der Waals surface area contributed by atoms with Crippen LogP contribution < -0.4 is 15.4 Å². The van der Waals surface area contributed by atoms with Gasteiger partial charge in [0, 0.05) is 11.9 Å². The summed E-state index contributed by atoms with van der Waals surface area (Å²) in [6.45, 7) is 0. The topological polar surface area (TPSA) is 87.0 Å². The van der Waals surface area contributed by atoms with Gasteiger partial charge in [-0.05, 0) is 36.4 Å². The van der Waals surface area contributed by atoms with E-state index in [1.54, 1.807) is 43.5 Å². The summed E-state index contributed by atoms with van der Waals surface area (Å²) in [5, 5.41) is 13.9. The van der Waals surface area contributed by atoms with Crippen molar-refractivity contribution in [1.82, 2.24) is 4.98 Å². The molecule has 6 nitrogen and oxygen atoms in total. The van der Waals surface area contributed by atoms with Crippen LogP contribution in [0.3, 0.4) is 0 Å². The van der Waals surface area contributed by atoms with Gasteiger partial charge in [0.25, 0.3) is 0 Å². The summed E-state index contributed by atoms with van der Waals surface area (Å²) in [4.78, 5) is 15.7. The molecule has 100 valence electrons. The van der Waals surface area contributed by atoms with Gasteiger partial charge in [-0.2, -0.15) is 5.26 Å². The number of carbonyl (C=O) groups is 1. The number of rotatable bonds is 3. The van der Waals surface area contributed by atoms with Crippen LogP contribution in [-0.2, 0) is 0 Å². The second-order valence-corrected chi connectivity index (χ2v) is 3.85. The van der Waals surface area contributed by atoms with E-state index in [4.69, 9.17) is 10.00 Å². The molecule has 0 fully saturated rings.